The molecule has 9 heteroatoms. The lowest BCUT2D eigenvalue weighted by atomic mass is 10.1. The number of hydrogen-bond donors (Lipinski definition) is 2. The number of rotatable bonds is 7. The maximum atomic E-state index is 13.2. The molecule has 166 valence electrons. The number of hydrogen-bond acceptors (Lipinski definition) is 6. The Labute approximate surface area is 189 Å². The lowest BCUT2D eigenvalue weighted by Gasteiger charge is -2.15. The first-order chi connectivity index (χ1) is 15.3. The molecular weight excluding hydrogens is 426 g/mol. The van der Waals surface area contributed by atoms with E-state index in [1.807, 2.05) is 32.9 Å². The van der Waals surface area contributed by atoms with E-state index in [4.69, 9.17) is 9.40 Å². The monoisotopic (exact) mass is 451 g/mol. The van der Waals surface area contributed by atoms with Gasteiger partial charge in [0.05, 0.1) is 40.5 Å². The van der Waals surface area contributed by atoms with Gasteiger partial charge in [0.15, 0.2) is 5.65 Å². The van der Waals surface area contributed by atoms with E-state index in [1.54, 1.807) is 53.6 Å². The second-order valence-corrected chi connectivity index (χ2v) is 9.17. The van der Waals surface area contributed by atoms with Gasteiger partial charge in [-0.3, -0.25) is 9.59 Å². The fourth-order valence-corrected chi connectivity index (χ4v) is 4.19. The van der Waals surface area contributed by atoms with Gasteiger partial charge in [0.25, 0.3) is 5.91 Å². The molecular formula is C23H25N5O3S. The van der Waals surface area contributed by atoms with Crippen molar-refractivity contribution in [2.24, 2.45) is 0 Å². The molecule has 4 aromatic rings. The molecule has 0 bridgehead atoms. The summed E-state index contributed by atoms with van der Waals surface area (Å²) in [5.74, 6) is -0.00684. The number of nitrogens with one attached hydrogen (secondary N) is 2. The Balaban J connectivity index is 1.61. The molecule has 0 spiro atoms. The second kappa shape index (κ2) is 8.96. The molecule has 0 saturated carbocycles. The molecule has 0 saturated heterocycles. The van der Waals surface area contributed by atoms with E-state index in [2.05, 4.69) is 15.7 Å². The minimum absolute atomic E-state index is 0.0857. The van der Waals surface area contributed by atoms with E-state index in [0.29, 0.717) is 28.1 Å². The van der Waals surface area contributed by atoms with Gasteiger partial charge < -0.3 is 15.1 Å². The summed E-state index contributed by atoms with van der Waals surface area (Å²) in [6.07, 6.45) is 3.20. The lowest BCUT2D eigenvalue weighted by molar-refractivity contribution is -0.122. The molecule has 4 aromatic heterocycles. The van der Waals surface area contributed by atoms with Crippen LogP contribution in [0.4, 0.5) is 0 Å². The van der Waals surface area contributed by atoms with Gasteiger partial charge in [-0.05, 0) is 58.0 Å². The van der Waals surface area contributed by atoms with Gasteiger partial charge in [0.2, 0.25) is 5.91 Å². The van der Waals surface area contributed by atoms with Crippen LogP contribution in [0.2, 0.25) is 0 Å². The van der Waals surface area contributed by atoms with Crippen molar-refractivity contribution in [3.05, 3.63) is 59.0 Å². The summed E-state index contributed by atoms with van der Waals surface area (Å²) in [4.78, 5) is 32.6. The van der Waals surface area contributed by atoms with Crippen molar-refractivity contribution in [1.29, 1.82) is 0 Å². The van der Waals surface area contributed by atoms with Gasteiger partial charge >= 0.3 is 0 Å². The molecule has 0 aromatic carbocycles. The van der Waals surface area contributed by atoms with Crippen LogP contribution in [0.3, 0.4) is 0 Å². The second-order valence-electron chi connectivity index (χ2n) is 7.88. The van der Waals surface area contributed by atoms with E-state index in [0.717, 1.165) is 9.75 Å². The van der Waals surface area contributed by atoms with Gasteiger partial charge in [-0.15, -0.1) is 11.3 Å². The first kappa shape index (κ1) is 21.8. The summed E-state index contributed by atoms with van der Waals surface area (Å²) < 4.78 is 7.02. The number of carbonyl (C=O) groups is 2. The Morgan fingerprint density at radius 2 is 2.03 bits per heavy atom. The molecule has 0 aliphatic carbocycles. The number of thiophene rings is 1. The van der Waals surface area contributed by atoms with Crippen molar-refractivity contribution in [1.82, 2.24) is 25.4 Å². The van der Waals surface area contributed by atoms with Crippen LogP contribution in [-0.4, -0.2) is 32.6 Å². The van der Waals surface area contributed by atoms with Crippen molar-refractivity contribution in [2.45, 2.75) is 46.3 Å². The molecule has 0 aliphatic rings. The largest absolute Gasteiger partial charge is 0.467 e. The summed E-state index contributed by atoms with van der Waals surface area (Å²) in [6, 6.07) is 8.68. The maximum Gasteiger partial charge on any atom is 0.252 e. The topological polar surface area (TPSA) is 102 Å². The van der Waals surface area contributed by atoms with Crippen LogP contribution in [0.1, 0.15) is 47.8 Å². The average Bonchev–Trinajstić information content (AvgIpc) is 3.51. The smallest absolute Gasteiger partial charge is 0.252 e. The molecule has 4 rings (SSSR count). The first-order valence-electron chi connectivity index (χ1n) is 10.4. The zero-order valence-electron chi connectivity index (χ0n) is 18.4. The zero-order chi connectivity index (χ0) is 22.8. The highest BCUT2D eigenvalue weighted by Crippen LogP contribution is 2.30. The van der Waals surface area contributed by atoms with Crippen LogP contribution in [-0.2, 0) is 11.3 Å². The molecule has 0 aliphatic heterocycles. The Morgan fingerprint density at radius 1 is 1.22 bits per heavy atom. The van der Waals surface area contributed by atoms with Crippen molar-refractivity contribution < 1.29 is 14.0 Å². The van der Waals surface area contributed by atoms with Crippen LogP contribution in [0.5, 0.6) is 0 Å². The number of aromatic nitrogens is 3. The summed E-state index contributed by atoms with van der Waals surface area (Å²) in [5.41, 5.74) is 1.79. The van der Waals surface area contributed by atoms with E-state index in [9.17, 15) is 9.59 Å². The molecule has 2 N–H and O–H groups in total. The van der Waals surface area contributed by atoms with Crippen LogP contribution in [0, 0.1) is 6.92 Å². The molecule has 0 unspecified atom stereocenters. The minimum Gasteiger partial charge on any atom is -0.467 e. The van der Waals surface area contributed by atoms with Crippen LogP contribution < -0.4 is 10.6 Å². The predicted octanol–water partition coefficient (Wildman–Crippen LogP) is 4.08. The minimum atomic E-state index is -0.728. The molecule has 8 nitrogen and oxygen atoms in total. The van der Waals surface area contributed by atoms with Crippen molar-refractivity contribution in [3.63, 3.8) is 0 Å². The van der Waals surface area contributed by atoms with Gasteiger partial charge in [-0.25, -0.2) is 9.67 Å². The number of aryl methyl sites for hydroxylation is 1. The van der Waals surface area contributed by atoms with Gasteiger partial charge in [-0.2, -0.15) is 5.10 Å². The lowest BCUT2D eigenvalue weighted by Crippen LogP contribution is -2.44. The van der Waals surface area contributed by atoms with Gasteiger partial charge in [0.1, 0.15) is 11.8 Å². The maximum absolute atomic E-state index is 13.2. The number of nitrogens with zero attached hydrogens (tertiary/aromatic N) is 3. The average molecular weight is 452 g/mol. The highest BCUT2D eigenvalue weighted by atomic mass is 32.1. The Kier molecular flexibility index (Phi) is 6.09. The summed E-state index contributed by atoms with van der Waals surface area (Å²) in [6.45, 7) is 7.97. The summed E-state index contributed by atoms with van der Waals surface area (Å²) in [7, 11) is 0. The van der Waals surface area contributed by atoms with E-state index in [1.165, 1.54) is 0 Å². The quantitative estimate of drug-likeness (QED) is 0.441. The van der Waals surface area contributed by atoms with Gasteiger partial charge in [-0.1, -0.05) is 0 Å². The summed E-state index contributed by atoms with van der Waals surface area (Å²) in [5, 5.41) is 10.6. The number of carbonyl (C=O) groups excluding carboxylic acids is 2. The van der Waals surface area contributed by atoms with E-state index in [-0.39, 0.29) is 24.4 Å². The molecule has 0 radical (unpaired) electrons. The fraction of sp³-hybridized carbons (Fsp3) is 0.304. The third-order valence-corrected chi connectivity index (χ3v) is 6.07. The Morgan fingerprint density at radius 3 is 2.69 bits per heavy atom. The standard InChI is InChI=1S/C23H25N5O3S/c1-13(2)28-21-18(12-25-28)17(10-19(27-21)20-8-7-14(3)32-20)23(30)26-15(4)22(29)24-11-16-6-5-9-31-16/h5-10,12-13,15H,11H2,1-4H3,(H,24,29)(H,26,30)/t15-/m1/s1. The van der Waals surface area contributed by atoms with Gasteiger partial charge in [0, 0.05) is 10.9 Å². The van der Waals surface area contributed by atoms with Crippen molar-refractivity contribution in [2.75, 3.05) is 0 Å². The Bertz CT molecular complexity index is 1260. The molecule has 4 heterocycles. The number of pyridine rings is 1. The van der Waals surface area contributed by atoms with Crippen LogP contribution >= 0.6 is 11.3 Å². The third-order valence-electron chi connectivity index (χ3n) is 5.05. The van der Waals surface area contributed by atoms with E-state index >= 15 is 0 Å². The number of fused-ring (bicyclic) bond motifs is 1. The predicted molar refractivity (Wildman–Crippen MR) is 123 cm³/mol. The van der Waals surface area contributed by atoms with Crippen molar-refractivity contribution in [3.8, 4) is 10.6 Å². The third kappa shape index (κ3) is 4.43. The highest BCUT2D eigenvalue weighted by molar-refractivity contribution is 7.15. The zero-order valence-corrected chi connectivity index (χ0v) is 19.2. The van der Waals surface area contributed by atoms with Crippen LogP contribution in [0.25, 0.3) is 21.6 Å². The SMILES string of the molecule is Cc1ccc(-c2cc(C(=O)N[C@H](C)C(=O)NCc3ccco3)c3cnn(C(C)C)c3n2)s1. The molecule has 2 amide bonds. The molecule has 32 heavy (non-hydrogen) atoms. The number of furan rings is 1. The van der Waals surface area contributed by atoms with E-state index < -0.39 is 6.04 Å². The fourth-order valence-electron chi connectivity index (χ4n) is 3.36. The van der Waals surface area contributed by atoms with Crippen molar-refractivity contribution >= 4 is 34.2 Å². The molecule has 1 atom stereocenters. The Hall–Kier alpha value is -3.46. The summed E-state index contributed by atoms with van der Waals surface area (Å²) >= 11 is 1.61. The molecule has 0 fully saturated rings. The number of amides is 2. The first-order valence-corrected chi connectivity index (χ1v) is 11.2. The normalized spacial score (nSPS) is 12.3. The van der Waals surface area contributed by atoms with Crippen LogP contribution in [0.15, 0.2) is 47.2 Å². The highest BCUT2D eigenvalue weighted by Gasteiger charge is 2.22.